The van der Waals surface area contributed by atoms with E-state index in [0.717, 1.165) is 32.1 Å². The molecule has 0 aliphatic carbocycles. The van der Waals surface area contributed by atoms with Crippen molar-refractivity contribution in [2.24, 2.45) is 0 Å². The fourth-order valence-electron chi connectivity index (χ4n) is 2.30. The van der Waals surface area contributed by atoms with Gasteiger partial charge in [0.25, 0.3) is 0 Å². The van der Waals surface area contributed by atoms with Crippen LogP contribution in [-0.2, 0) is 4.74 Å². The third kappa shape index (κ3) is 1.30. The molecule has 2 rings (SSSR count). The first-order valence-corrected chi connectivity index (χ1v) is 4.60. The summed E-state index contributed by atoms with van der Waals surface area (Å²) >= 11 is 0. The van der Waals surface area contributed by atoms with Gasteiger partial charge in [0.2, 0.25) is 0 Å². The Morgan fingerprint density at radius 1 is 1.36 bits per heavy atom. The molecule has 2 bridgehead atoms. The molecule has 2 nitrogen and oxygen atoms in total. The van der Waals surface area contributed by atoms with E-state index in [4.69, 9.17) is 4.74 Å². The Kier molecular flexibility index (Phi) is 1.69. The Morgan fingerprint density at radius 3 is 2.36 bits per heavy atom. The number of hydrogen-bond donors (Lipinski definition) is 1. The van der Waals surface area contributed by atoms with Gasteiger partial charge in [0.15, 0.2) is 0 Å². The summed E-state index contributed by atoms with van der Waals surface area (Å²) in [6.07, 6.45) is 5.64. The topological polar surface area (TPSA) is 29.5 Å². The van der Waals surface area contributed by atoms with Crippen LogP contribution in [0.3, 0.4) is 0 Å². The lowest BCUT2D eigenvalue weighted by atomic mass is 9.88. The van der Waals surface area contributed by atoms with Crippen molar-refractivity contribution in [2.45, 2.75) is 56.8 Å². The highest BCUT2D eigenvalue weighted by Gasteiger charge is 2.42. The lowest BCUT2D eigenvalue weighted by Crippen LogP contribution is -2.40. The zero-order chi connectivity index (χ0) is 7.90. The third-order valence-corrected chi connectivity index (χ3v) is 3.07. The summed E-state index contributed by atoms with van der Waals surface area (Å²) in [5.41, 5.74) is -0.399. The molecule has 2 aliphatic heterocycles. The molecule has 0 amide bonds. The zero-order valence-electron chi connectivity index (χ0n) is 7.05. The van der Waals surface area contributed by atoms with Gasteiger partial charge in [-0.3, -0.25) is 0 Å². The number of fused-ring (bicyclic) bond motifs is 2. The standard InChI is InChI=1S/C9H16O2/c1-2-9(10)5-7-3-4-8(6-9)11-7/h7-8,10H,2-6H2,1H3/t7-,8+,9+. The molecule has 2 aliphatic rings. The van der Waals surface area contributed by atoms with Crippen molar-refractivity contribution in [3.63, 3.8) is 0 Å². The van der Waals surface area contributed by atoms with E-state index in [1.165, 1.54) is 0 Å². The van der Waals surface area contributed by atoms with Gasteiger partial charge in [-0.15, -0.1) is 0 Å². The third-order valence-electron chi connectivity index (χ3n) is 3.07. The van der Waals surface area contributed by atoms with Crippen LogP contribution < -0.4 is 0 Å². The van der Waals surface area contributed by atoms with Gasteiger partial charge in [0, 0.05) is 12.8 Å². The molecular formula is C9H16O2. The quantitative estimate of drug-likeness (QED) is 0.623. The van der Waals surface area contributed by atoms with E-state index in [0.29, 0.717) is 12.2 Å². The van der Waals surface area contributed by atoms with Gasteiger partial charge in [0.1, 0.15) is 0 Å². The molecule has 0 unspecified atom stereocenters. The van der Waals surface area contributed by atoms with E-state index >= 15 is 0 Å². The molecule has 0 spiro atoms. The fraction of sp³-hybridized carbons (Fsp3) is 1.00. The number of ether oxygens (including phenoxy) is 1. The van der Waals surface area contributed by atoms with Crippen molar-refractivity contribution in [3.05, 3.63) is 0 Å². The molecule has 0 aromatic heterocycles. The molecule has 2 saturated heterocycles. The van der Waals surface area contributed by atoms with E-state index in [2.05, 4.69) is 6.92 Å². The van der Waals surface area contributed by atoms with Gasteiger partial charge < -0.3 is 9.84 Å². The Morgan fingerprint density at radius 2 is 1.91 bits per heavy atom. The molecule has 0 radical (unpaired) electrons. The van der Waals surface area contributed by atoms with Crippen molar-refractivity contribution in [1.29, 1.82) is 0 Å². The first-order valence-electron chi connectivity index (χ1n) is 4.60. The highest BCUT2D eigenvalue weighted by molar-refractivity contribution is 4.93. The number of hydrogen-bond acceptors (Lipinski definition) is 2. The van der Waals surface area contributed by atoms with E-state index in [1.54, 1.807) is 0 Å². The lowest BCUT2D eigenvalue weighted by molar-refractivity contribution is -0.112. The van der Waals surface area contributed by atoms with Gasteiger partial charge in [-0.25, -0.2) is 0 Å². The first-order chi connectivity index (χ1) is 5.22. The van der Waals surface area contributed by atoms with Crippen LogP contribution in [0, 0.1) is 0 Å². The second-order valence-electron chi connectivity index (χ2n) is 3.94. The second-order valence-corrected chi connectivity index (χ2v) is 3.94. The molecule has 2 fully saturated rings. The minimum Gasteiger partial charge on any atom is -0.390 e. The SMILES string of the molecule is CC[C@]1(O)C[C@H]2CC[C@@H](C1)O2. The normalized spacial score (nSPS) is 49.6. The lowest BCUT2D eigenvalue weighted by Gasteiger charge is -2.35. The monoisotopic (exact) mass is 156 g/mol. The summed E-state index contributed by atoms with van der Waals surface area (Å²) in [6.45, 7) is 2.06. The van der Waals surface area contributed by atoms with Crippen molar-refractivity contribution < 1.29 is 9.84 Å². The molecule has 3 atom stereocenters. The first kappa shape index (κ1) is 7.56. The Balaban J connectivity index is 2.07. The van der Waals surface area contributed by atoms with E-state index < -0.39 is 5.60 Å². The van der Waals surface area contributed by atoms with Gasteiger partial charge in [-0.2, -0.15) is 0 Å². The molecular weight excluding hydrogens is 140 g/mol. The van der Waals surface area contributed by atoms with E-state index in [-0.39, 0.29) is 0 Å². The molecule has 64 valence electrons. The van der Waals surface area contributed by atoms with E-state index in [1.807, 2.05) is 0 Å². The number of rotatable bonds is 1. The Hall–Kier alpha value is -0.0800. The maximum absolute atomic E-state index is 9.98. The summed E-state index contributed by atoms with van der Waals surface area (Å²) in [5, 5.41) is 9.98. The number of aliphatic hydroxyl groups is 1. The van der Waals surface area contributed by atoms with Crippen molar-refractivity contribution in [1.82, 2.24) is 0 Å². The zero-order valence-corrected chi connectivity index (χ0v) is 7.05. The molecule has 0 aromatic carbocycles. The highest BCUT2D eigenvalue weighted by Crippen LogP contribution is 2.39. The van der Waals surface area contributed by atoms with Crippen LogP contribution in [0.4, 0.5) is 0 Å². The fourth-order valence-corrected chi connectivity index (χ4v) is 2.30. The van der Waals surface area contributed by atoms with Gasteiger partial charge in [-0.05, 0) is 19.3 Å². The summed E-state index contributed by atoms with van der Waals surface area (Å²) in [6, 6.07) is 0. The van der Waals surface area contributed by atoms with Crippen LogP contribution in [-0.4, -0.2) is 22.9 Å². The summed E-state index contributed by atoms with van der Waals surface area (Å²) in [7, 11) is 0. The summed E-state index contributed by atoms with van der Waals surface area (Å²) in [4.78, 5) is 0. The van der Waals surface area contributed by atoms with Crippen LogP contribution in [0.5, 0.6) is 0 Å². The maximum Gasteiger partial charge on any atom is 0.0694 e. The second kappa shape index (κ2) is 2.46. The van der Waals surface area contributed by atoms with E-state index in [9.17, 15) is 5.11 Å². The largest absolute Gasteiger partial charge is 0.390 e. The average molecular weight is 156 g/mol. The van der Waals surface area contributed by atoms with Crippen molar-refractivity contribution in [2.75, 3.05) is 0 Å². The van der Waals surface area contributed by atoms with Gasteiger partial charge in [0.05, 0.1) is 17.8 Å². The van der Waals surface area contributed by atoms with Crippen LogP contribution >= 0.6 is 0 Å². The van der Waals surface area contributed by atoms with Crippen molar-refractivity contribution >= 4 is 0 Å². The minimum absolute atomic E-state index is 0.360. The summed E-state index contributed by atoms with van der Waals surface area (Å²) < 4.78 is 5.63. The maximum atomic E-state index is 9.98. The molecule has 2 heterocycles. The van der Waals surface area contributed by atoms with Crippen LogP contribution in [0.25, 0.3) is 0 Å². The molecule has 1 N–H and O–H groups in total. The Labute approximate surface area is 67.6 Å². The molecule has 2 heteroatoms. The molecule has 0 saturated carbocycles. The van der Waals surface area contributed by atoms with Crippen LogP contribution in [0.1, 0.15) is 39.0 Å². The smallest absolute Gasteiger partial charge is 0.0694 e. The molecule has 0 aromatic rings. The van der Waals surface area contributed by atoms with Gasteiger partial charge in [-0.1, -0.05) is 6.92 Å². The van der Waals surface area contributed by atoms with Crippen LogP contribution in [0.2, 0.25) is 0 Å². The highest BCUT2D eigenvalue weighted by atomic mass is 16.5. The summed E-state index contributed by atoms with van der Waals surface area (Å²) in [5.74, 6) is 0. The van der Waals surface area contributed by atoms with Gasteiger partial charge >= 0.3 is 0 Å². The van der Waals surface area contributed by atoms with Crippen LogP contribution in [0.15, 0.2) is 0 Å². The average Bonchev–Trinajstić information content (AvgIpc) is 2.31. The predicted octanol–water partition coefficient (Wildman–Crippen LogP) is 1.47. The predicted molar refractivity (Wildman–Crippen MR) is 42.4 cm³/mol. The Bertz CT molecular complexity index is 144. The van der Waals surface area contributed by atoms with Crippen molar-refractivity contribution in [3.8, 4) is 0 Å². The minimum atomic E-state index is -0.399. The molecule has 11 heavy (non-hydrogen) atoms.